The molecule has 158 valence electrons. The van der Waals surface area contributed by atoms with Crippen LogP contribution in [0.5, 0.6) is 0 Å². The number of hydrogen-bond donors (Lipinski definition) is 2. The monoisotopic (exact) mass is 411 g/mol. The van der Waals surface area contributed by atoms with Crippen molar-refractivity contribution < 1.29 is 19.2 Å². The fourth-order valence-electron chi connectivity index (χ4n) is 4.77. The van der Waals surface area contributed by atoms with Gasteiger partial charge in [0.15, 0.2) is 0 Å². The molecule has 9 nitrogen and oxygen atoms in total. The summed E-state index contributed by atoms with van der Waals surface area (Å²) in [4.78, 5) is 55.6. The summed E-state index contributed by atoms with van der Waals surface area (Å²) in [6.45, 7) is 6.66. The zero-order chi connectivity index (χ0) is 20.8. The normalized spacial score (nSPS) is 25.4. The molecule has 0 aliphatic carbocycles. The highest BCUT2D eigenvalue weighted by Crippen LogP contribution is 2.34. The van der Waals surface area contributed by atoms with E-state index in [0.717, 1.165) is 62.3 Å². The molecule has 4 aliphatic rings. The van der Waals surface area contributed by atoms with Gasteiger partial charge in [0.2, 0.25) is 11.8 Å². The quantitative estimate of drug-likeness (QED) is 0.640. The van der Waals surface area contributed by atoms with E-state index in [-0.39, 0.29) is 18.7 Å². The molecule has 4 aliphatic heterocycles. The van der Waals surface area contributed by atoms with Crippen LogP contribution in [0.15, 0.2) is 18.2 Å². The van der Waals surface area contributed by atoms with Crippen molar-refractivity contribution in [1.82, 2.24) is 20.4 Å². The lowest BCUT2D eigenvalue weighted by Crippen LogP contribution is -2.54. The van der Waals surface area contributed by atoms with E-state index in [1.807, 2.05) is 6.07 Å². The highest BCUT2D eigenvalue weighted by Gasteiger charge is 2.46. The molecule has 4 heterocycles. The maximum Gasteiger partial charge on any atom is 0.264 e. The predicted molar refractivity (Wildman–Crippen MR) is 108 cm³/mol. The van der Waals surface area contributed by atoms with Gasteiger partial charge in [0.25, 0.3) is 11.8 Å². The first-order valence-corrected chi connectivity index (χ1v) is 10.6. The lowest BCUT2D eigenvalue weighted by Gasteiger charge is -2.40. The molecule has 1 atom stereocenters. The number of benzene rings is 1. The number of hydrogen-bond acceptors (Lipinski definition) is 7. The fourth-order valence-corrected chi connectivity index (χ4v) is 4.77. The molecular formula is C21H25N5O4. The van der Waals surface area contributed by atoms with Crippen LogP contribution in [0.25, 0.3) is 0 Å². The van der Waals surface area contributed by atoms with Crippen molar-refractivity contribution >= 4 is 29.3 Å². The van der Waals surface area contributed by atoms with Crippen LogP contribution in [0.2, 0.25) is 0 Å². The van der Waals surface area contributed by atoms with Gasteiger partial charge < -0.3 is 10.2 Å². The second kappa shape index (κ2) is 7.48. The Kier molecular flexibility index (Phi) is 4.79. The third-order valence-corrected chi connectivity index (χ3v) is 6.54. The molecule has 3 saturated heterocycles. The number of nitrogens with zero attached hydrogens (tertiary/aromatic N) is 3. The molecule has 3 fully saturated rings. The van der Waals surface area contributed by atoms with Gasteiger partial charge in [-0.1, -0.05) is 6.07 Å². The second-order valence-corrected chi connectivity index (χ2v) is 8.46. The molecule has 4 amide bonds. The Balaban J connectivity index is 1.35. The standard InChI is InChI=1S/C21H25N5O4/c27-17-5-4-16(19(28)23-17)26-20(29)14-2-1-3-15(18(14)21(26)30)25-8-6-24(7-9-25)12-13-10-22-11-13/h1-3,13,16,22H,4-12H2,(H,23,27,28). The van der Waals surface area contributed by atoms with Crippen molar-refractivity contribution in [1.29, 1.82) is 0 Å². The molecule has 2 N–H and O–H groups in total. The van der Waals surface area contributed by atoms with Crippen LogP contribution < -0.4 is 15.5 Å². The van der Waals surface area contributed by atoms with Crippen molar-refractivity contribution in [3.05, 3.63) is 29.3 Å². The number of piperidine rings is 1. The molecule has 0 aromatic heterocycles. The maximum atomic E-state index is 13.2. The van der Waals surface area contributed by atoms with Crippen molar-refractivity contribution in [3.8, 4) is 0 Å². The van der Waals surface area contributed by atoms with Gasteiger partial charge in [0.05, 0.1) is 16.8 Å². The predicted octanol–water partition coefficient (Wildman–Crippen LogP) is -0.571. The van der Waals surface area contributed by atoms with E-state index in [1.165, 1.54) is 0 Å². The Morgan fingerprint density at radius 1 is 0.967 bits per heavy atom. The van der Waals surface area contributed by atoms with Crippen molar-refractivity contribution in [2.75, 3.05) is 50.7 Å². The van der Waals surface area contributed by atoms with Crippen molar-refractivity contribution in [3.63, 3.8) is 0 Å². The first-order chi connectivity index (χ1) is 14.5. The minimum absolute atomic E-state index is 0.120. The highest BCUT2D eigenvalue weighted by atomic mass is 16.2. The first-order valence-electron chi connectivity index (χ1n) is 10.6. The summed E-state index contributed by atoms with van der Waals surface area (Å²) in [5.41, 5.74) is 1.47. The van der Waals surface area contributed by atoms with E-state index in [2.05, 4.69) is 20.4 Å². The molecule has 0 radical (unpaired) electrons. The first kappa shape index (κ1) is 19.2. The summed E-state index contributed by atoms with van der Waals surface area (Å²) in [7, 11) is 0. The second-order valence-electron chi connectivity index (χ2n) is 8.46. The van der Waals surface area contributed by atoms with Crippen LogP contribution in [0.3, 0.4) is 0 Å². The molecule has 30 heavy (non-hydrogen) atoms. The number of fused-ring (bicyclic) bond motifs is 1. The van der Waals surface area contributed by atoms with Gasteiger partial charge in [-0.15, -0.1) is 0 Å². The summed E-state index contributed by atoms with van der Waals surface area (Å²) >= 11 is 0. The van der Waals surface area contributed by atoms with E-state index < -0.39 is 23.8 Å². The molecule has 9 heteroatoms. The van der Waals surface area contributed by atoms with Crippen molar-refractivity contribution in [2.24, 2.45) is 5.92 Å². The molecule has 0 spiro atoms. The largest absolute Gasteiger partial charge is 0.368 e. The summed E-state index contributed by atoms with van der Waals surface area (Å²) in [6.07, 6.45) is 0.287. The minimum Gasteiger partial charge on any atom is -0.368 e. The zero-order valence-electron chi connectivity index (χ0n) is 16.7. The summed E-state index contributed by atoms with van der Waals surface area (Å²) in [6, 6.07) is 4.38. The van der Waals surface area contributed by atoms with Crippen molar-refractivity contribution in [2.45, 2.75) is 18.9 Å². The summed E-state index contributed by atoms with van der Waals surface area (Å²) < 4.78 is 0. The van der Waals surface area contributed by atoms with Gasteiger partial charge in [-0.3, -0.25) is 34.3 Å². The summed E-state index contributed by atoms with van der Waals surface area (Å²) in [5.74, 6) is -1.13. The van der Waals surface area contributed by atoms with Gasteiger partial charge in [-0.25, -0.2) is 0 Å². The molecule has 0 saturated carbocycles. The highest BCUT2D eigenvalue weighted by molar-refractivity contribution is 6.25. The van der Waals surface area contributed by atoms with Gasteiger partial charge in [0.1, 0.15) is 6.04 Å². The molecule has 1 aromatic rings. The zero-order valence-corrected chi connectivity index (χ0v) is 16.7. The average Bonchev–Trinajstić information content (AvgIpc) is 2.96. The Hall–Kier alpha value is -2.78. The van der Waals surface area contributed by atoms with Crippen LogP contribution in [0, 0.1) is 5.92 Å². The van der Waals surface area contributed by atoms with E-state index >= 15 is 0 Å². The Labute approximate surface area is 174 Å². The van der Waals surface area contributed by atoms with Gasteiger partial charge >= 0.3 is 0 Å². The van der Waals surface area contributed by atoms with Gasteiger partial charge in [-0.05, 0) is 24.5 Å². The third kappa shape index (κ3) is 3.18. The number of anilines is 1. The number of rotatable bonds is 4. The maximum absolute atomic E-state index is 13.2. The smallest absolute Gasteiger partial charge is 0.264 e. The number of imide groups is 2. The van der Waals surface area contributed by atoms with Crippen LogP contribution in [-0.2, 0) is 9.59 Å². The molecule has 1 unspecified atom stereocenters. The molecular weight excluding hydrogens is 386 g/mol. The van der Waals surface area contributed by atoms with E-state index in [9.17, 15) is 19.2 Å². The molecule has 0 bridgehead atoms. The number of nitrogens with one attached hydrogen (secondary N) is 2. The number of carbonyl (C=O) groups excluding carboxylic acids is 4. The van der Waals surface area contributed by atoms with Crippen LogP contribution >= 0.6 is 0 Å². The van der Waals surface area contributed by atoms with E-state index in [1.54, 1.807) is 12.1 Å². The minimum atomic E-state index is -0.934. The number of carbonyl (C=O) groups is 4. The summed E-state index contributed by atoms with van der Waals surface area (Å²) in [5, 5.41) is 5.54. The topological polar surface area (TPSA) is 102 Å². The average molecular weight is 411 g/mol. The Morgan fingerprint density at radius 3 is 2.40 bits per heavy atom. The Morgan fingerprint density at radius 2 is 1.73 bits per heavy atom. The molecule has 5 rings (SSSR count). The van der Waals surface area contributed by atoms with Gasteiger partial charge in [-0.2, -0.15) is 0 Å². The fraction of sp³-hybridized carbons (Fsp3) is 0.524. The molecule has 1 aromatic carbocycles. The van der Waals surface area contributed by atoms with E-state index in [0.29, 0.717) is 11.1 Å². The number of piperazine rings is 1. The lowest BCUT2D eigenvalue weighted by atomic mass is 10.0. The SMILES string of the molecule is O=C1CCC(N2C(=O)c3cccc(N4CCN(CC5CNC5)CC4)c3C2=O)C(=O)N1. The Bertz CT molecular complexity index is 920. The van der Waals surface area contributed by atoms with Gasteiger partial charge in [0, 0.05) is 52.2 Å². The third-order valence-electron chi connectivity index (χ3n) is 6.54. The van der Waals surface area contributed by atoms with Crippen LogP contribution in [-0.4, -0.2) is 85.3 Å². The lowest BCUT2D eigenvalue weighted by molar-refractivity contribution is -0.136. The number of amides is 4. The van der Waals surface area contributed by atoms with E-state index in [4.69, 9.17) is 0 Å². The van der Waals surface area contributed by atoms with Crippen LogP contribution in [0.4, 0.5) is 5.69 Å². The van der Waals surface area contributed by atoms with Crippen LogP contribution in [0.1, 0.15) is 33.6 Å².